The first-order valence-electron chi connectivity index (χ1n) is 6.19. The number of carboxylic acids is 1. The average Bonchev–Trinajstić information content (AvgIpc) is 3.05. The predicted molar refractivity (Wildman–Crippen MR) is 64.7 cm³/mol. The second kappa shape index (κ2) is 5.89. The normalized spacial score (nSPS) is 18.6. The lowest BCUT2D eigenvalue weighted by atomic mass is 9.98. The van der Waals surface area contributed by atoms with E-state index in [0.717, 1.165) is 12.8 Å². The first kappa shape index (κ1) is 13.8. The Bertz CT molecular complexity index is 287. The monoisotopic (exact) mass is 242 g/mol. The molecule has 0 saturated heterocycles. The molecule has 0 spiro atoms. The summed E-state index contributed by atoms with van der Waals surface area (Å²) in [4.78, 5) is 22.5. The fourth-order valence-electron chi connectivity index (χ4n) is 1.49. The predicted octanol–water partition coefficient (Wildman–Crippen LogP) is 1.44. The number of amides is 2. The molecule has 98 valence electrons. The zero-order chi connectivity index (χ0) is 13.0. The number of urea groups is 1. The van der Waals surface area contributed by atoms with Crippen LogP contribution in [0.2, 0.25) is 0 Å². The van der Waals surface area contributed by atoms with E-state index >= 15 is 0 Å². The van der Waals surface area contributed by atoms with Crippen LogP contribution in [0, 0.1) is 17.8 Å². The fourth-order valence-corrected chi connectivity index (χ4v) is 1.49. The number of aliphatic carboxylic acids is 1. The number of hydrogen-bond acceptors (Lipinski definition) is 2. The van der Waals surface area contributed by atoms with Gasteiger partial charge in [0.15, 0.2) is 0 Å². The highest BCUT2D eigenvalue weighted by Gasteiger charge is 2.37. The Labute approximate surface area is 102 Å². The fraction of sp³-hybridized carbons (Fsp3) is 0.833. The Kier molecular flexibility index (Phi) is 4.78. The number of rotatable bonds is 6. The van der Waals surface area contributed by atoms with Crippen molar-refractivity contribution in [2.45, 2.75) is 39.7 Å². The number of carbonyl (C=O) groups is 2. The third kappa shape index (κ3) is 4.63. The third-order valence-corrected chi connectivity index (χ3v) is 3.37. The van der Waals surface area contributed by atoms with Crippen LogP contribution in [-0.4, -0.2) is 29.7 Å². The molecule has 3 N–H and O–H groups in total. The van der Waals surface area contributed by atoms with Crippen LogP contribution in [0.3, 0.4) is 0 Å². The molecule has 17 heavy (non-hydrogen) atoms. The zero-order valence-corrected chi connectivity index (χ0v) is 10.7. The van der Waals surface area contributed by atoms with E-state index in [9.17, 15) is 9.59 Å². The summed E-state index contributed by atoms with van der Waals surface area (Å²) in [5, 5.41) is 14.2. The van der Waals surface area contributed by atoms with E-state index in [2.05, 4.69) is 31.4 Å². The van der Waals surface area contributed by atoms with Gasteiger partial charge in [0.1, 0.15) is 6.04 Å². The highest BCUT2D eigenvalue weighted by Crippen LogP contribution is 2.32. The van der Waals surface area contributed by atoms with E-state index < -0.39 is 12.0 Å². The van der Waals surface area contributed by atoms with Crippen LogP contribution in [0.5, 0.6) is 0 Å². The van der Waals surface area contributed by atoms with Gasteiger partial charge in [0.25, 0.3) is 0 Å². The average molecular weight is 242 g/mol. The van der Waals surface area contributed by atoms with Gasteiger partial charge in [-0.15, -0.1) is 0 Å². The summed E-state index contributed by atoms with van der Waals surface area (Å²) >= 11 is 0. The molecule has 0 aromatic heterocycles. The van der Waals surface area contributed by atoms with Crippen molar-refractivity contribution < 1.29 is 14.7 Å². The van der Waals surface area contributed by atoms with Crippen molar-refractivity contribution in [3.63, 3.8) is 0 Å². The Morgan fingerprint density at radius 3 is 2.29 bits per heavy atom. The van der Waals surface area contributed by atoms with Crippen molar-refractivity contribution in [3.8, 4) is 0 Å². The van der Waals surface area contributed by atoms with Gasteiger partial charge in [0.2, 0.25) is 0 Å². The standard InChI is InChI=1S/C12H22N2O3/c1-7(2)8(3)6-13-12(17)14-10(11(15)16)9-4-5-9/h7-10H,4-6H2,1-3H3,(H,15,16)(H2,13,14,17). The molecule has 1 aliphatic carbocycles. The molecule has 5 heteroatoms. The largest absolute Gasteiger partial charge is 0.480 e. The Morgan fingerprint density at radius 2 is 1.88 bits per heavy atom. The van der Waals surface area contributed by atoms with E-state index in [1.54, 1.807) is 0 Å². The van der Waals surface area contributed by atoms with Crippen molar-refractivity contribution in [1.29, 1.82) is 0 Å². The summed E-state index contributed by atoms with van der Waals surface area (Å²) in [5.41, 5.74) is 0. The van der Waals surface area contributed by atoms with Crippen molar-refractivity contribution in [2.75, 3.05) is 6.54 Å². The van der Waals surface area contributed by atoms with E-state index in [1.807, 2.05) is 0 Å². The lowest BCUT2D eigenvalue weighted by molar-refractivity contribution is -0.139. The summed E-state index contributed by atoms with van der Waals surface area (Å²) in [6.45, 7) is 6.81. The van der Waals surface area contributed by atoms with Crippen molar-refractivity contribution in [3.05, 3.63) is 0 Å². The molecule has 0 aromatic rings. The molecule has 2 amide bonds. The molecule has 2 atom stereocenters. The number of nitrogens with one attached hydrogen (secondary N) is 2. The minimum absolute atomic E-state index is 0.112. The molecule has 0 radical (unpaired) electrons. The number of carboxylic acid groups (broad SMARTS) is 1. The van der Waals surface area contributed by atoms with Gasteiger partial charge < -0.3 is 15.7 Å². The topological polar surface area (TPSA) is 78.4 Å². The third-order valence-electron chi connectivity index (χ3n) is 3.37. The summed E-state index contributed by atoms with van der Waals surface area (Å²) in [6, 6.07) is -1.11. The summed E-state index contributed by atoms with van der Waals surface area (Å²) < 4.78 is 0. The molecule has 0 aliphatic heterocycles. The number of hydrogen-bond donors (Lipinski definition) is 3. The minimum Gasteiger partial charge on any atom is -0.480 e. The Hall–Kier alpha value is -1.26. The SMILES string of the molecule is CC(C)C(C)CNC(=O)NC(C(=O)O)C1CC1. The Balaban J connectivity index is 2.30. The molecule has 5 nitrogen and oxygen atoms in total. The smallest absolute Gasteiger partial charge is 0.326 e. The van der Waals surface area contributed by atoms with Crippen molar-refractivity contribution >= 4 is 12.0 Å². The Morgan fingerprint density at radius 1 is 1.29 bits per heavy atom. The lowest BCUT2D eigenvalue weighted by Gasteiger charge is -2.18. The van der Waals surface area contributed by atoms with Crippen LogP contribution in [0.1, 0.15) is 33.6 Å². The lowest BCUT2D eigenvalue weighted by Crippen LogP contribution is -2.48. The molecule has 0 aromatic carbocycles. The van der Waals surface area contributed by atoms with Crippen LogP contribution in [-0.2, 0) is 4.79 Å². The highest BCUT2D eigenvalue weighted by atomic mass is 16.4. The van der Waals surface area contributed by atoms with E-state index in [1.165, 1.54) is 0 Å². The summed E-state index contributed by atoms with van der Waals surface area (Å²) in [6.07, 6.45) is 1.78. The molecule has 2 unspecified atom stereocenters. The van der Waals surface area contributed by atoms with Gasteiger partial charge in [-0.25, -0.2) is 9.59 Å². The first-order valence-corrected chi connectivity index (χ1v) is 6.19. The van der Waals surface area contributed by atoms with E-state index in [-0.39, 0.29) is 11.9 Å². The maximum absolute atomic E-state index is 11.5. The summed E-state index contributed by atoms with van der Waals surface area (Å²) in [7, 11) is 0. The van der Waals surface area contributed by atoms with Gasteiger partial charge in [0.05, 0.1) is 0 Å². The molecule has 1 saturated carbocycles. The van der Waals surface area contributed by atoms with Gasteiger partial charge in [-0.1, -0.05) is 20.8 Å². The van der Waals surface area contributed by atoms with Gasteiger partial charge in [0, 0.05) is 6.54 Å². The van der Waals surface area contributed by atoms with Crippen LogP contribution in [0.4, 0.5) is 4.79 Å². The highest BCUT2D eigenvalue weighted by molar-refractivity contribution is 5.83. The maximum atomic E-state index is 11.5. The summed E-state index contributed by atoms with van der Waals surface area (Å²) in [5.74, 6) is 0.0410. The molecular formula is C12H22N2O3. The van der Waals surface area contributed by atoms with Crippen molar-refractivity contribution in [2.24, 2.45) is 17.8 Å². The van der Waals surface area contributed by atoms with Gasteiger partial charge in [-0.3, -0.25) is 0 Å². The van der Waals surface area contributed by atoms with Gasteiger partial charge >= 0.3 is 12.0 Å². The molecular weight excluding hydrogens is 220 g/mol. The maximum Gasteiger partial charge on any atom is 0.326 e. The van der Waals surface area contributed by atoms with Gasteiger partial charge in [-0.2, -0.15) is 0 Å². The molecule has 0 heterocycles. The second-order valence-electron chi connectivity index (χ2n) is 5.23. The zero-order valence-electron chi connectivity index (χ0n) is 10.7. The second-order valence-corrected chi connectivity index (χ2v) is 5.23. The molecule has 0 bridgehead atoms. The minimum atomic E-state index is -0.945. The van der Waals surface area contributed by atoms with Crippen LogP contribution < -0.4 is 10.6 Å². The first-order chi connectivity index (χ1) is 7.91. The van der Waals surface area contributed by atoms with Crippen LogP contribution >= 0.6 is 0 Å². The molecule has 1 fully saturated rings. The van der Waals surface area contributed by atoms with Crippen LogP contribution in [0.25, 0.3) is 0 Å². The van der Waals surface area contributed by atoms with Crippen LogP contribution in [0.15, 0.2) is 0 Å². The molecule has 1 aliphatic rings. The number of carbonyl (C=O) groups excluding carboxylic acids is 1. The van der Waals surface area contributed by atoms with E-state index in [4.69, 9.17) is 5.11 Å². The quantitative estimate of drug-likeness (QED) is 0.659. The van der Waals surface area contributed by atoms with Crippen molar-refractivity contribution in [1.82, 2.24) is 10.6 Å². The van der Waals surface area contributed by atoms with E-state index in [0.29, 0.717) is 18.4 Å². The molecule has 1 rings (SSSR count). The van der Waals surface area contributed by atoms with Gasteiger partial charge in [-0.05, 0) is 30.6 Å².